The van der Waals surface area contributed by atoms with Crippen LogP contribution in [0.25, 0.3) is 0 Å². The molecule has 1 aliphatic rings. The van der Waals surface area contributed by atoms with Crippen molar-refractivity contribution in [3.05, 3.63) is 28.2 Å². The molecule has 4 nitrogen and oxygen atoms in total. The highest BCUT2D eigenvalue weighted by atomic mass is 79.9. The molecule has 2 N–H and O–H groups in total. The van der Waals surface area contributed by atoms with Gasteiger partial charge in [-0.05, 0) is 53.4 Å². The monoisotopic (exact) mass is 326 g/mol. The molecule has 0 radical (unpaired) electrons. The second-order valence-corrected chi connectivity index (χ2v) is 5.76. The first kappa shape index (κ1) is 14.3. The fourth-order valence-electron chi connectivity index (χ4n) is 2.22. The van der Waals surface area contributed by atoms with E-state index in [4.69, 9.17) is 10.5 Å². The number of benzene rings is 1. The molecular weight excluding hydrogens is 308 g/mol. The maximum absolute atomic E-state index is 12.3. The van der Waals surface area contributed by atoms with Crippen LogP contribution in [0.15, 0.2) is 22.7 Å². The Kier molecular flexibility index (Phi) is 4.82. The molecule has 0 aliphatic carbocycles. The van der Waals surface area contributed by atoms with E-state index in [1.54, 1.807) is 23.1 Å². The van der Waals surface area contributed by atoms with E-state index in [9.17, 15) is 4.79 Å². The summed E-state index contributed by atoms with van der Waals surface area (Å²) in [6.07, 6.45) is 3.50. The summed E-state index contributed by atoms with van der Waals surface area (Å²) in [6.45, 7) is 1.45. The average molecular weight is 327 g/mol. The van der Waals surface area contributed by atoms with Gasteiger partial charge in [-0.2, -0.15) is 0 Å². The Morgan fingerprint density at radius 3 is 2.95 bits per heavy atom. The Morgan fingerprint density at radius 1 is 1.53 bits per heavy atom. The van der Waals surface area contributed by atoms with Crippen molar-refractivity contribution < 1.29 is 9.53 Å². The first-order chi connectivity index (χ1) is 9.08. The summed E-state index contributed by atoms with van der Waals surface area (Å²) in [5, 5.41) is 0. The summed E-state index contributed by atoms with van der Waals surface area (Å²) in [7, 11) is 1.81. The quantitative estimate of drug-likeness (QED) is 0.869. The zero-order chi connectivity index (χ0) is 13.8. The third kappa shape index (κ3) is 3.70. The van der Waals surface area contributed by atoms with E-state index < -0.39 is 0 Å². The largest absolute Gasteiger partial charge is 0.398 e. The number of nitrogen functional groups attached to an aromatic ring is 1. The van der Waals surface area contributed by atoms with Gasteiger partial charge in [-0.25, -0.2) is 0 Å². The molecule has 1 aromatic rings. The number of anilines is 1. The fourth-order valence-corrected chi connectivity index (χ4v) is 2.60. The fraction of sp³-hybridized carbons (Fsp3) is 0.500. The van der Waals surface area contributed by atoms with Crippen LogP contribution in [0.2, 0.25) is 0 Å². The summed E-state index contributed by atoms with van der Waals surface area (Å²) in [5.41, 5.74) is 7.00. The maximum Gasteiger partial charge on any atom is 0.253 e. The van der Waals surface area contributed by atoms with Gasteiger partial charge >= 0.3 is 0 Å². The molecule has 1 saturated heterocycles. The molecule has 1 aliphatic heterocycles. The van der Waals surface area contributed by atoms with Crippen LogP contribution in [0.3, 0.4) is 0 Å². The predicted octanol–water partition coefficient (Wildman–Crippen LogP) is 2.67. The number of amides is 1. The number of nitrogens with two attached hydrogens (primary N) is 1. The zero-order valence-corrected chi connectivity index (χ0v) is 12.6. The van der Waals surface area contributed by atoms with E-state index in [2.05, 4.69) is 15.9 Å². The number of halogens is 1. The Hall–Kier alpha value is -1.07. The van der Waals surface area contributed by atoms with Crippen LogP contribution < -0.4 is 5.73 Å². The van der Waals surface area contributed by atoms with Crippen molar-refractivity contribution in [3.63, 3.8) is 0 Å². The van der Waals surface area contributed by atoms with Crippen LogP contribution in [0.5, 0.6) is 0 Å². The van der Waals surface area contributed by atoms with Gasteiger partial charge < -0.3 is 15.4 Å². The minimum Gasteiger partial charge on any atom is -0.398 e. The number of hydrogen-bond acceptors (Lipinski definition) is 3. The molecular formula is C14H19BrN2O2. The molecule has 1 aromatic carbocycles. The van der Waals surface area contributed by atoms with Crippen molar-refractivity contribution in [1.82, 2.24) is 4.90 Å². The van der Waals surface area contributed by atoms with Crippen LogP contribution in [0.4, 0.5) is 5.69 Å². The van der Waals surface area contributed by atoms with Gasteiger partial charge in [0.15, 0.2) is 0 Å². The SMILES string of the molecule is CN(CC1CCCCO1)C(=O)c1ccc(N)c(Br)c1. The molecule has 1 unspecified atom stereocenters. The Balaban J connectivity index is 1.99. The van der Waals surface area contributed by atoms with Crippen LogP contribution >= 0.6 is 15.9 Å². The van der Waals surface area contributed by atoms with Crippen LogP contribution in [0.1, 0.15) is 29.6 Å². The molecule has 1 amide bonds. The Bertz CT molecular complexity index is 459. The van der Waals surface area contributed by atoms with Crippen molar-refractivity contribution in [2.24, 2.45) is 0 Å². The van der Waals surface area contributed by atoms with Gasteiger partial charge in [0.05, 0.1) is 6.10 Å². The summed E-state index contributed by atoms with van der Waals surface area (Å²) in [5.74, 6) is -0.00475. The lowest BCUT2D eigenvalue weighted by Crippen LogP contribution is -2.37. The highest BCUT2D eigenvalue weighted by Crippen LogP contribution is 2.21. The summed E-state index contributed by atoms with van der Waals surface area (Å²) in [4.78, 5) is 14.0. The molecule has 1 fully saturated rings. The van der Waals surface area contributed by atoms with Crippen molar-refractivity contribution in [2.75, 3.05) is 25.9 Å². The minimum absolute atomic E-state index is 0.00475. The predicted molar refractivity (Wildman–Crippen MR) is 79.1 cm³/mol. The van der Waals surface area contributed by atoms with Gasteiger partial charge in [0.2, 0.25) is 0 Å². The van der Waals surface area contributed by atoms with Crippen molar-refractivity contribution in [1.29, 1.82) is 0 Å². The summed E-state index contributed by atoms with van der Waals surface area (Å²) >= 11 is 3.34. The molecule has 0 spiro atoms. The van der Waals surface area contributed by atoms with Crippen LogP contribution in [-0.4, -0.2) is 37.1 Å². The molecule has 0 bridgehead atoms. The molecule has 1 heterocycles. The van der Waals surface area contributed by atoms with E-state index in [-0.39, 0.29) is 12.0 Å². The first-order valence-corrected chi connectivity index (χ1v) is 7.29. The van der Waals surface area contributed by atoms with E-state index in [0.717, 1.165) is 23.9 Å². The van der Waals surface area contributed by atoms with E-state index in [1.165, 1.54) is 6.42 Å². The van der Waals surface area contributed by atoms with Gasteiger partial charge in [0.25, 0.3) is 5.91 Å². The second kappa shape index (κ2) is 6.39. The number of carbonyl (C=O) groups is 1. The summed E-state index contributed by atoms with van der Waals surface area (Å²) < 4.78 is 6.40. The maximum atomic E-state index is 12.3. The molecule has 2 rings (SSSR count). The third-order valence-electron chi connectivity index (χ3n) is 3.35. The lowest BCUT2D eigenvalue weighted by atomic mass is 10.1. The van der Waals surface area contributed by atoms with Crippen molar-refractivity contribution >= 4 is 27.5 Å². The smallest absolute Gasteiger partial charge is 0.253 e. The number of ether oxygens (including phenoxy) is 1. The van der Waals surface area contributed by atoms with E-state index in [1.807, 2.05) is 7.05 Å². The normalized spacial score (nSPS) is 19.2. The minimum atomic E-state index is -0.00475. The summed E-state index contributed by atoms with van der Waals surface area (Å²) in [6, 6.07) is 5.25. The standard InChI is InChI=1S/C14H19BrN2O2/c1-17(9-11-4-2-3-7-19-11)14(18)10-5-6-13(16)12(15)8-10/h5-6,8,11H,2-4,7,9,16H2,1H3. The Labute approximate surface area is 122 Å². The molecule has 0 saturated carbocycles. The number of likely N-dealkylation sites (N-methyl/N-ethyl adjacent to an activating group) is 1. The van der Waals surface area contributed by atoms with Crippen molar-refractivity contribution in [3.8, 4) is 0 Å². The lowest BCUT2D eigenvalue weighted by Gasteiger charge is -2.27. The van der Waals surface area contributed by atoms with Gasteiger partial charge in [-0.3, -0.25) is 4.79 Å². The van der Waals surface area contributed by atoms with Gasteiger partial charge in [-0.1, -0.05) is 0 Å². The highest BCUT2D eigenvalue weighted by Gasteiger charge is 2.20. The average Bonchev–Trinajstić information content (AvgIpc) is 2.42. The molecule has 5 heteroatoms. The number of rotatable bonds is 3. The Morgan fingerprint density at radius 2 is 2.32 bits per heavy atom. The zero-order valence-electron chi connectivity index (χ0n) is 11.1. The second-order valence-electron chi connectivity index (χ2n) is 4.91. The van der Waals surface area contributed by atoms with Crippen molar-refractivity contribution in [2.45, 2.75) is 25.4 Å². The molecule has 1 atom stereocenters. The van der Waals surface area contributed by atoms with E-state index in [0.29, 0.717) is 17.8 Å². The first-order valence-electron chi connectivity index (χ1n) is 6.50. The molecule has 0 aromatic heterocycles. The molecule has 104 valence electrons. The lowest BCUT2D eigenvalue weighted by molar-refractivity contribution is -0.000188. The number of nitrogens with zero attached hydrogens (tertiary/aromatic N) is 1. The number of carbonyl (C=O) groups excluding carboxylic acids is 1. The number of hydrogen-bond donors (Lipinski definition) is 1. The van der Waals surface area contributed by atoms with Gasteiger partial charge in [0, 0.05) is 35.9 Å². The van der Waals surface area contributed by atoms with E-state index >= 15 is 0 Å². The van der Waals surface area contributed by atoms with Crippen LogP contribution in [0, 0.1) is 0 Å². The molecule has 19 heavy (non-hydrogen) atoms. The van der Waals surface area contributed by atoms with Crippen LogP contribution in [-0.2, 0) is 4.74 Å². The van der Waals surface area contributed by atoms with Gasteiger partial charge in [0.1, 0.15) is 0 Å². The highest BCUT2D eigenvalue weighted by molar-refractivity contribution is 9.10. The third-order valence-corrected chi connectivity index (χ3v) is 4.03. The van der Waals surface area contributed by atoms with Gasteiger partial charge in [-0.15, -0.1) is 0 Å². The topological polar surface area (TPSA) is 55.6 Å².